The number of nitrogens with one attached hydrogen (secondary N) is 1. The lowest BCUT2D eigenvalue weighted by atomic mass is 9.97. The minimum Gasteiger partial charge on any atom is -0.497 e. The van der Waals surface area contributed by atoms with Crippen molar-refractivity contribution < 1.29 is 23.9 Å². The topological polar surface area (TPSA) is 99.9 Å². The molecular weight excluding hydrogens is 412 g/mol. The van der Waals surface area contributed by atoms with Crippen LogP contribution in [0.1, 0.15) is 28.4 Å². The number of carbonyl (C=O) groups is 1. The zero-order valence-corrected chi connectivity index (χ0v) is 18.0. The molecule has 0 radical (unpaired) electrons. The Bertz CT molecular complexity index is 1080. The largest absolute Gasteiger partial charge is 0.497 e. The molecule has 8 heteroatoms. The number of rotatable bonds is 10. The summed E-state index contributed by atoms with van der Waals surface area (Å²) in [7, 11) is 4.63. The van der Waals surface area contributed by atoms with Crippen LogP contribution in [0.2, 0.25) is 0 Å². The quantitative estimate of drug-likeness (QED) is 0.270. The van der Waals surface area contributed by atoms with E-state index in [-0.39, 0.29) is 17.9 Å². The lowest BCUT2D eigenvalue weighted by molar-refractivity contribution is -0.384. The maximum Gasteiger partial charge on any atom is 0.269 e. The third kappa shape index (κ3) is 5.34. The van der Waals surface area contributed by atoms with Crippen molar-refractivity contribution in [2.75, 3.05) is 26.6 Å². The van der Waals surface area contributed by atoms with Gasteiger partial charge in [-0.3, -0.25) is 14.9 Å². The predicted molar refractivity (Wildman–Crippen MR) is 121 cm³/mol. The number of benzene rings is 3. The normalized spacial score (nSPS) is 11.3. The predicted octanol–water partition coefficient (Wildman–Crippen LogP) is 5.05. The fraction of sp³-hybridized carbons (Fsp3) is 0.208. The molecule has 3 aromatic carbocycles. The molecule has 0 aromatic heterocycles. The number of nitro benzene ring substituents is 1. The third-order valence-electron chi connectivity index (χ3n) is 5.03. The number of methoxy groups -OCH3 is 3. The Morgan fingerprint density at radius 3 is 2.12 bits per heavy atom. The van der Waals surface area contributed by atoms with Gasteiger partial charge in [0.1, 0.15) is 5.75 Å². The summed E-state index contributed by atoms with van der Waals surface area (Å²) in [5, 5.41) is 14.4. The lowest BCUT2D eigenvalue weighted by Crippen LogP contribution is -2.16. The summed E-state index contributed by atoms with van der Waals surface area (Å²) >= 11 is 0. The van der Waals surface area contributed by atoms with Crippen LogP contribution < -0.4 is 19.5 Å². The molecule has 166 valence electrons. The first-order chi connectivity index (χ1) is 15.4. The number of ketones is 1. The van der Waals surface area contributed by atoms with Crippen LogP contribution in [0.25, 0.3) is 0 Å². The van der Waals surface area contributed by atoms with Gasteiger partial charge >= 0.3 is 0 Å². The highest BCUT2D eigenvalue weighted by molar-refractivity contribution is 5.97. The van der Waals surface area contributed by atoms with E-state index in [0.717, 1.165) is 11.3 Å². The minimum absolute atomic E-state index is 0.0110. The molecule has 0 aliphatic heterocycles. The van der Waals surface area contributed by atoms with Crippen LogP contribution in [0.4, 0.5) is 11.4 Å². The van der Waals surface area contributed by atoms with Gasteiger partial charge in [0.15, 0.2) is 17.3 Å². The van der Waals surface area contributed by atoms with E-state index < -0.39 is 11.0 Å². The molecule has 0 saturated carbocycles. The fourth-order valence-electron chi connectivity index (χ4n) is 3.28. The Morgan fingerprint density at radius 2 is 1.56 bits per heavy atom. The van der Waals surface area contributed by atoms with Crippen LogP contribution in [-0.2, 0) is 0 Å². The second kappa shape index (κ2) is 10.3. The molecular formula is C24H24N2O6. The van der Waals surface area contributed by atoms with Gasteiger partial charge in [-0.05, 0) is 48.0 Å². The van der Waals surface area contributed by atoms with E-state index in [1.54, 1.807) is 37.4 Å². The number of hydrogen-bond donors (Lipinski definition) is 1. The summed E-state index contributed by atoms with van der Waals surface area (Å²) in [6.07, 6.45) is 0.124. The maximum atomic E-state index is 13.1. The SMILES string of the molecule is COc1ccc(NC(CC(=O)c2ccc(OC)c(OC)c2)c2ccc([N+](=O)[O-])cc2)cc1. The van der Waals surface area contributed by atoms with Gasteiger partial charge in [0.25, 0.3) is 5.69 Å². The average Bonchev–Trinajstić information content (AvgIpc) is 2.83. The molecule has 1 N–H and O–H groups in total. The highest BCUT2D eigenvalue weighted by Crippen LogP contribution is 2.31. The van der Waals surface area contributed by atoms with Crippen LogP contribution >= 0.6 is 0 Å². The molecule has 3 rings (SSSR count). The number of nitrogens with zero attached hydrogens (tertiary/aromatic N) is 1. The van der Waals surface area contributed by atoms with E-state index in [1.807, 2.05) is 24.3 Å². The molecule has 0 bridgehead atoms. The molecule has 0 spiro atoms. The molecule has 32 heavy (non-hydrogen) atoms. The van der Waals surface area contributed by atoms with Crippen LogP contribution in [0.5, 0.6) is 17.2 Å². The van der Waals surface area contributed by atoms with Gasteiger partial charge in [0.2, 0.25) is 0 Å². The fourth-order valence-corrected chi connectivity index (χ4v) is 3.28. The van der Waals surface area contributed by atoms with Crippen molar-refractivity contribution in [2.24, 2.45) is 0 Å². The van der Waals surface area contributed by atoms with Gasteiger partial charge in [0, 0.05) is 29.8 Å². The van der Waals surface area contributed by atoms with Gasteiger partial charge < -0.3 is 19.5 Å². The summed E-state index contributed by atoms with van der Waals surface area (Å²) in [4.78, 5) is 23.7. The van der Waals surface area contributed by atoms with Crippen LogP contribution in [0.3, 0.4) is 0 Å². The van der Waals surface area contributed by atoms with E-state index in [0.29, 0.717) is 22.8 Å². The van der Waals surface area contributed by atoms with Gasteiger partial charge in [-0.2, -0.15) is 0 Å². The van der Waals surface area contributed by atoms with Crippen molar-refractivity contribution in [3.63, 3.8) is 0 Å². The first kappa shape index (κ1) is 22.6. The molecule has 0 aliphatic carbocycles. The van der Waals surface area contributed by atoms with Gasteiger partial charge in [-0.25, -0.2) is 0 Å². The van der Waals surface area contributed by atoms with Crippen molar-refractivity contribution in [1.82, 2.24) is 0 Å². The summed E-state index contributed by atoms with van der Waals surface area (Å²) in [6.45, 7) is 0. The second-order valence-electron chi connectivity index (χ2n) is 6.97. The Balaban J connectivity index is 1.88. The molecule has 0 aliphatic rings. The highest BCUT2D eigenvalue weighted by Gasteiger charge is 2.20. The number of carbonyl (C=O) groups excluding carboxylic acids is 1. The molecule has 0 fully saturated rings. The molecule has 0 amide bonds. The van der Waals surface area contributed by atoms with E-state index in [4.69, 9.17) is 14.2 Å². The van der Waals surface area contributed by atoms with Gasteiger partial charge in [0.05, 0.1) is 32.3 Å². The van der Waals surface area contributed by atoms with Crippen molar-refractivity contribution in [2.45, 2.75) is 12.5 Å². The van der Waals surface area contributed by atoms with Crippen LogP contribution in [0, 0.1) is 10.1 Å². The molecule has 1 atom stereocenters. The number of ether oxygens (including phenoxy) is 3. The Kier molecular flexibility index (Phi) is 7.28. The first-order valence-corrected chi connectivity index (χ1v) is 9.85. The molecule has 8 nitrogen and oxygen atoms in total. The standard InChI is InChI=1S/C24H24N2O6/c1-30-20-11-7-18(8-12-20)25-21(16-4-9-19(10-5-16)26(28)29)15-22(27)17-6-13-23(31-2)24(14-17)32-3/h4-14,21,25H,15H2,1-3H3. The minimum atomic E-state index is -0.454. The number of Topliss-reactive ketones (excluding diaryl/α,β-unsaturated/α-hetero) is 1. The molecule has 0 saturated heterocycles. The van der Waals surface area contributed by atoms with E-state index in [9.17, 15) is 14.9 Å². The Hall–Kier alpha value is -4.07. The van der Waals surface area contributed by atoms with Crippen molar-refractivity contribution >= 4 is 17.2 Å². The smallest absolute Gasteiger partial charge is 0.269 e. The Labute approximate surface area is 185 Å². The van der Waals surface area contributed by atoms with Crippen LogP contribution in [0.15, 0.2) is 66.7 Å². The molecule has 0 heterocycles. The summed E-state index contributed by atoms with van der Waals surface area (Å²) in [5.74, 6) is 1.60. The second-order valence-corrected chi connectivity index (χ2v) is 6.97. The van der Waals surface area contributed by atoms with Gasteiger partial charge in [-0.1, -0.05) is 12.1 Å². The van der Waals surface area contributed by atoms with Gasteiger partial charge in [-0.15, -0.1) is 0 Å². The summed E-state index contributed by atoms with van der Waals surface area (Å²) in [6, 6.07) is 18.1. The average molecular weight is 436 g/mol. The Morgan fingerprint density at radius 1 is 0.906 bits per heavy atom. The highest BCUT2D eigenvalue weighted by atomic mass is 16.6. The maximum absolute atomic E-state index is 13.1. The third-order valence-corrected chi connectivity index (χ3v) is 5.03. The number of nitro groups is 1. The molecule has 3 aromatic rings. The van der Waals surface area contributed by atoms with Crippen LogP contribution in [-0.4, -0.2) is 32.0 Å². The summed E-state index contributed by atoms with van der Waals surface area (Å²) < 4.78 is 15.7. The zero-order chi connectivity index (χ0) is 23.1. The zero-order valence-electron chi connectivity index (χ0n) is 18.0. The van der Waals surface area contributed by atoms with E-state index in [1.165, 1.54) is 26.4 Å². The monoisotopic (exact) mass is 436 g/mol. The number of non-ortho nitro benzene ring substituents is 1. The number of anilines is 1. The van der Waals surface area contributed by atoms with Crippen molar-refractivity contribution in [3.05, 3.63) is 88.0 Å². The van der Waals surface area contributed by atoms with E-state index >= 15 is 0 Å². The first-order valence-electron chi connectivity index (χ1n) is 9.85. The number of hydrogen-bond acceptors (Lipinski definition) is 7. The molecule has 1 unspecified atom stereocenters. The lowest BCUT2D eigenvalue weighted by Gasteiger charge is -2.20. The van der Waals surface area contributed by atoms with Crippen molar-refractivity contribution in [3.8, 4) is 17.2 Å². The summed E-state index contributed by atoms with van der Waals surface area (Å²) in [5.41, 5.74) is 2.00. The van der Waals surface area contributed by atoms with E-state index in [2.05, 4.69) is 5.32 Å². The van der Waals surface area contributed by atoms with Crippen molar-refractivity contribution in [1.29, 1.82) is 0 Å².